The molecule has 0 saturated carbocycles. The van der Waals surface area contributed by atoms with Crippen LogP contribution in [0.3, 0.4) is 0 Å². The number of halogens is 3. The lowest BCUT2D eigenvalue weighted by Crippen LogP contribution is -2.33. The summed E-state index contributed by atoms with van der Waals surface area (Å²) in [5, 5.41) is 2.52. The zero-order valence-corrected chi connectivity index (χ0v) is 18.2. The molecule has 1 fully saturated rings. The number of anilines is 1. The fourth-order valence-corrected chi connectivity index (χ4v) is 3.72. The van der Waals surface area contributed by atoms with Crippen molar-refractivity contribution < 1.29 is 27.8 Å². The molecule has 1 aliphatic rings. The smallest absolute Gasteiger partial charge is 0.321 e. The number of alkyl halides is 1. The number of hydrogen-bond donors (Lipinski definition) is 2. The van der Waals surface area contributed by atoms with E-state index in [9.17, 15) is 18.4 Å². The highest BCUT2D eigenvalue weighted by Gasteiger charge is 2.27. The number of carbonyl (C=O) groups excluding carboxylic acids is 2. The van der Waals surface area contributed by atoms with Gasteiger partial charge in [-0.05, 0) is 30.7 Å². The Labute approximate surface area is 192 Å². The number of fused-ring (bicyclic) bond motifs is 1. The summed E-state index contributed by atoms with van der Waals surface area (Å²) in [6, 6.07) is 6.56. The summed E-state index contributed by atoms with van der Waals surface area (Å²) in [4.78, 5) is 29.5. The van der Waals surface area contributed by atoms with Gasteiger partial charge in [-0.15, -0.1) is 0 Å². The van der Waals surface area contributed by atoms with Crippen LogP contribution in [0.15, 0.2) is 36.5 Å². The first-order valence-electron chi connectivity index (χ1n) is 9.91. The van der Waals surface area contributed by atoms with Gasteiger partial charge in [-0.25, -0.2) is 13.6 Å². The van der Waals surface area contributed by atoms with Crippen molar-refractivity contribution in [2.24, 2.45) is 5.73 Å². The van der Waals surface area contributed by atoms with Crippen LogP contribution in [-0.2, 0) is 0 Å². The summed E-state index contributed by atoms with van der Waals surface area (Å²) in [6.45, 7) is 0.238. The van der Waals surface area contributed by atoms with E-state index in [1.54, 1.807) is 0 Å². The van der Waals surface area contributed by atoms with E-state index in [0.29, 0.717) is 10.9 Å². The zero-order chi connectivity index (χ0) is 23.7. The number of likely N-dealkylation sites (tertiary alicyclic amines) is 1. The average Bonchev–Trinajstić information content (AvgIpc) is 3.24. The van der Waals surface area contributed by atoms with Crippen LogP contribution < -0.4 is 20.5 Å². The van der Waals surface area contributed by atoms with Gasteiger partial charge in [0.2, 0.25) is 0 Å². The van der Waals surface area contributed by atoms with Crippen molar-refractivity contribution >= 4 is 40.1 Å². The topological polar surface area (TPSA) is 107 Å². The molecule has 11 heteroatoms. The molecule has 3 amide bonds. The fourth-order valence-electron chi connectivity index (χ4n) is 3.52. The van der Waals surface area contributed by atoms with Crippen LogP contribution in [0.2, 0.25) is 5.02 Å². The van der Waals surface area contributed by atoms with Crippen molar-refractivity contribution in [2.75, 3.05) is 25.5 Å². The lowest BCUT2D eigenvalue weighted by atomic mass is 10.1. The first-order valence-corrected chi connectivity index (χ1v) is 10.3. The van der Waals surface area contributed by atoms with Crippen molar-refractivity contribution in [3.63, 3.8) is 0 Å². The molecule has 172 valence electrons. The number of amides is 3. The predicted octanol–water partition coefficient (Wildman–Crippen LogP) is 4.50. The Morgan fingerprint density at radius 1 is 1.24 bits per heavy atom. The summed E-state index contributed by atoms with van der Waals surface area (Å²) >= 11 is 6.12. The number of carbonyl (C=O) groups is 2. The second-order valence-corrected chi connectivity index (χ2v) is 7.72. The van der Waals surface area contributed by atoms with E-state index < -0.39 is 23.9 Å². The molecule has 0 unspecified atom stereocenters. The molecule has 4 rings (SSSR count). The molecule has 1 aliphatic heterocycles. The Morgan fingerprint density at radius 2 is 2.03 bits per heavy atom. The minimum atomic E-state index is -1.08. The molecule has 0 radical (unpaired) electrons. The maximum absolute atomic E-state index is 15.0. The van der Waals surface area contributed by atoms with E-state index >= 15 is 0 Å². The summed E-state index contributed by atoms with van der Waals surface area (Å²) in [6.07, 6.45) is 0.624. The second-order valence-electron chi connectivity index (χ2n) is 7.35. The molecule has 1 aromatic heterocycles. The Hall–Kier alpha value is -3.66. The van der Waals surface area contributed by atoms with Crippen molar-refractivity contribution in [3.05, 3.63) is 52.9 Å². The van der Waals surface area contributed by atoms with Crippen LogP contribution in [0.1, 0.15) is 16.8 Å². The normalized spacial score (nSPS) is 15.5. The van der Waals surface area contributed by atoms with Gasteiger partial charge in [0, 0.05) is 24.2 Å². The largest absolute Gasteiger partial charge is 0.496 e. The minimum Gasteiger partial charge on any atom is -0.496 e. The molecule has 3 N–H and O–H groups in total. The fraction of sp³-hybridized carbons (Fsp3) is 0.227. The van der Waals surface area contributed by atoms with E-state index in [4.69, 9.17) is 26.8 Å². The summed E-state index contributed by atoms with van der Waals surface area (Å²) in [5.41, 5.74) is 5.98. The molecule has 8 nitrogen and oxygen atoms in total. The van der Waals surface area contributed by atoms with Crippen molar-refractivity contribution in [2.45, 2.75) is 12.6 Å². The van der Waals surface area contributed by atoms with Gasteiger partial charge in [0.25, 0.3) is 5.91 Å². The van der Waals surface area contributed by atoms with E-state index in [2.05, 4.69) is 10.3 Å². The van der Waals surface area contributed by atoms with Crippen LogP contribution in [0, 0.1) is 5.82 Å². The Balaban J connectivity index is 1.63. The highest BCUT2D eigenvalue weighted by atomic mass is 35.5. The van der Waals surface area contributed by atoms with Crippen molar-refractivity contribution in [1.82, 2.24) is 9.88 Å². The number of nitrogens with zero attached hydrogens (tertiary/aromatic N) is 2. The molecule has 0 spiro atoms. The predicted molar refractivity (Wildman–Crippen MR) is 118 cm³/mol. The van der Waals surface area contributed by atoms with Gasteiger partial charge in [0.05, 0.1) is 30.4 Å². The number of nitrogens with two attached hydrogens (primary N) is 1. The van der Waals surface area contributed by atoms with Crippen LogP contribution >= 0.6 is 11.6 Å². The van der Waals surface area contributed by atoms with Gasteiger partial charge in [0.15, 0.2) is 11.6 Å². The highest BCUT2D eigenvalue weighted by Crippen LogP contribution is 2.37. The van der Waals surface area contributed by atoms with Crippen molar-refractivity contribution in [3.8, 4) is 17.2 Å². The van der Waals surface area contributed by atoms with E-state index in [0.717, 1.165) is 0 Å². The molecule has 1 atom stereocenters. The van der Waals surface area contributed by atoms with Crippen LogP contribution in [-0.4, -0.2) is 48.2 Å². The van der Waals surface area contributed by atoms with Gasteiger partial charge in [-0.2, -0.15) is 0 Å². The lowest BCUT2D eigenvalue weighted by molar-refractivity contribution is 0.0997. The lowest BCUT2D eigenvalue weighted by Gasteiger charge is -2.18. The number of hydrogen-bond acceptors (Lipinski definition) is 5. The Morgan fingerprint density at radius 3 is 2.70 bits per heavy atom. The number of methoxy groups -OCH3 is 1. The molecular weight excluding hydrogens is 458 g/mol. The number of pyridine rings is 1. The number of rotatable bonds is 5. The van der Waals surface area contributed by atoms with Gasteiger partial charge < -0.3 is 25.4 Å². The van der Waals surface area contributed by atoms with Gasteiger partial charge in [0.1, 0.15) is 22.7 Å². The number of nitrogens with one attached hydrogen (secondary N) is 1. The van der Waals surface area contributed by atoms with E-state index in [1.807, 2.05) is 0 Å². The third kappa shape index (κ3) is 4.47. The van der Waals surface area contributed by atoms with Crippen LogP contribution in [0.5, 0.6) is 17.2 Å². The van der Waals surface area contributed by atoms with Gasteiger partial charge in [-0.1, -0.05) is 11.6 Å². The molecular formula is C22H19ClF2N4O4. The number of urea groups is 1. The molecule has 0 bridgehead atoms. The molecule has 3 aromatic rings. The number of aromatic nitrogens is 1. The Kier molecular flexibility index (Phi) is 6.19. The first-order chi connectivity index (χ1) is 15.8. The molecule has 2 aromatic carbocycles. The third-order valence-corrected chi connectivity index (χ3v) is 5.58. The first kappa shape index (κ1) is 22.5. The standard InChI is InChI=1S/C22H19ClF2N4O4/c1-32-18-9-15-12(8-13(18)21(26)30)16(4-6-27-15)33-17-3-2-14(19(23)20(17)25)28-22(31)29-7-5-11(24)10-29/h2-4,6,8-9,11H,5,7,10H2,1H3,(H2,26,30)(H,28,31)/t11-/m1/s1. The average molecular weight is 477 g/mol. The summed E-state index contributed by atoms with van der Waals surface area (Å²) < 4.78 is 39.2. The Bertz CT molecular complexity index is 1260. The third-order valence-electron chi connectivity index (χ3n) is 5.21. The molecule has 1 saturated heterocycles. The van der Waals surface area contributed by atoms with Gasteiger partial charge in [-0.3, -0.25) is 9.78 Å². The van der Waals surface area contributed by atoms with Crippen molar-refractivity contribution in [1.29, 1.82) is 0 Å². The number of benzene rings is 2. The number of primary amides is 1. The monoisotopic (exact) mass is 476 g/mol. The van der Waals surface area contributed by atoms with Crippen LogP contribution in [0.25, 0.3) is 10.9 Å². The van der Waals surface area contributed by atoms with Gasteiger partial charge >= 0.3 is 6.03 Å². The summed E-state index contributed by atoms with van der Waals surface area (Å²) in [7, 11) is 1.39. The van der Waals surface area contributed by atoms with E-state index in [1.165, 1.54) is 48.5 Å². The molecule has 2 heterocycles. The SMILES string of the molecule is COc1cc2nccc(Oc3ccc(NC(=O)N4CC[C@@H](F)C4)c(Cl)c3F)c2cc1C(N)=O. The maximum Gasteiger partial charge on any atom is 0.321 e. The van der Waals surface area contributed by atoms with E-state index in [-0.39, 0.29) is 53.0 Å². The minimum absolute atomic E-state index is 0.0224. The molecule has 0 aliphatic carbocycles. The second kappa shape index (κ2) is 9.07. The van der Waals surface area contributed by atoms with Crippen LogP contribution in [0.4, 0.5) is 19.3 Å². The number of ether oxygens (including phenoxy) is 2. The maximum atomic E-state index is 15.0. The zero-order valence-electron chi connectivity index (χ0n) is 17.4. The summed E-state index contributed by atoms with van der Waals surface area (Å²) in [5.74, 6) is -1.40. The molecule has 33 heavy (non-hydrogen) atoms. The highest BCUT2D eigenvalue weighted by molar-refractivity contribution is 6.34. The quantitative estimate of drug-likeness (QED) is 0.563.